The molecule has 3 nitrogen and oxygen atoms in total. The van der Waals surface area contributed by atoms with Crippen LogP contribution < -0.4 is 4.90 Å². The number of thioether (sulfide) groups is 1. The molecule has 0 amide bonds. The highest BCUT2D eigenvalue weighted by molar-refractivity contribution is 7.99. The summed E-state index contributed by atoms with van der Waals surface area (Å²) in [5.74, 6) is 4.07. The summed E-state index contributed by atoms with van der Waals surface area (Å²) in [4.78, 5) is 14.6. The lowest BCUT2D eigenvalue weighted by atomic mass is 9.71. The van der Waals surface area contributed by atoms with Crippen molar-refractivity contribution in [2.24, 2.45) is 11.8 Å². The second-order valence-electron chi connectivity index (χ2n) is 12.6. The third kappa shape index (κ3) is 5.79. The van der Waals surface area contributed by atoms with Gasteiger partial charge in [-0.05, 0) is 73.1 Å². The zero-order valence-corrected chi connectivity index (χ0v) is 27.0. The van der Waals surface area contributed by atoms with Crippen molar-refractivity contribution in [3.8, 4) is 22.5 Å². The van der Waals surface area contributed by atoms with Gasteiger partial charge in [0.25, 0.3) is 0 Å². The highest BCUT2D eigenvalue weighted by Gasteiger charge is 2.39. The van der Waals surface area contributed by atoms with E-state index in [9.17, 15) is 0 Å². The van der Waals surface area contributed by atoms with Crippen LogP contribution in [0.4, 0.5) is 11.6 Å². The summed E-state index contributed by atoms with van der Waals surface area (Å²) < 4.78 is 0. The lowest BCUT2D eigenvalue weighted by Gasteiger charge is -2.42. The number of benzene rings is 3. The van der Waals surface area contributed by atoms with E-state index in [1.807, 2.05) is 0 Å². The van der Waals surface area contributed by atoms with Gasteiger partial charge in [-0.25, -0.2) is 9.97 Å². The molecule has 1 fully saturated rings. The average molecular weight is 604 g/mol. The quantitative estimate of drug-likeness (QED) is 0.186. The van der Waals surface area contributed by atoms with E-state index in [-0.39, 0.29) is 5.25 Å². The Balaban J connectivity index is 1.47. The van der Waals surface area contributed by atoms with Crippen molar-refractivity contribution in [2.45, 2.75) is 68.4 Å². The van der Waals surface area contributed by atoms with Crippen molar-refractivity contribution >= 4 is 36.0 Å². The monoisotopic (exact) mass is 603 g/mol. The molecule has 2 aliphatic heterocycles. The topological polar surface area (TPSA) is 29.0 Å². The molecule has 1 aliphatic carbocycles. The molecule has 4 atom stereocenters. The van der Waals surface area contributed by atoms with Crippen LogP contribution in [0.2, 0.25) is 0 Å². The number of allylic oxidation sites excluding steroid dienone is 1. The first-order valence-corrected chi connectivity index (χ1v) is 17.5. The first-order chi connectivity index (χ1) is 21.1. The molecule has 0 radical (unpaired) electrons. The van der Waals surface area contributed by atoms with Gasteiger partial charge in [-0.1, -0.05) is 98.6 Å². The maximum atomic E-state index is 5.35. The second kappa shape index (κ2) is 12.5. The third-order valence-corrected chi connectivity index (χ3v) is 11.4. The van der Waals surface area contributed by atoms with Gasteiger partial charge in [0.15, 0.2) is 0 Å². The lowest BCUT2D eigenvalue weighted by Crippen LogP contribution is -2.31. The van der Waals surface area contributed by atoms with E-state index < -0.39 is 0 Å². The maximum Gasteiger partial charge on any atom is 0.231 e. The summed E-state index contributed by atoms with van der Waals surface area (Å²) in [6.07, 6.45) is 9.54. The Morgan fingerprint density at radius 1 is 0.907 bits per heavy atom. The molecule has 7 rings (SSSR count). The molecule has 220 valence electrons. The first-order valence-electron chi connectivity index (χ1n) is 16.0. The van der Waals surface area contributed by atoms with Crippen LogP contribution in [0.1, 0.15) is 74.7 Å². The molecular weight excluding hydrogens is 563 g/mol. The molecule has 1 saturated carbocycles. The fraction of sp³-hybridized carbons (Fsp3) is 0.368. The van der Waals surface area contributed by atoms with Gasteiger partial charge in [-0.2, -0.15) is 12.6 Å². The molecule has 0 saturated heterocycles. The number of aromatic nitrogens is 2. The lowest BCUT2D eigenvalue weighted by molar-refractivity contribution is 0.263. The van der Waals surface area contributed by atoms with Crippen LogP contribution in [0.5, 0.6) is 0 Å². The minimum absolute atomic E-state index is 0.0353. The number of thiol groups is 1. The minimum Gasteiger partial charge on any atom is -0.310 e. The van der Waals surface area contributed by atoms with Crippen LogP contribution >= 0.6 is 24.4 Å². The van der Waals surface area contributed by atoms with Crippen molar-refractivity contribution in [1.82, 2.24) is 9.97 Å². The molecule has 1 aromatic heterocycles. The summed E-state index contributed by atoms with van der Waals surface area (Å²) in [6.45, 7) is 5.60. The molecule has 0 spiro atoms. The van der Waals surface area contributed by atoms with Crippen molar-refractivity contribution in [3.63, 3.8) is 0 Å². The number of hydrogen-bond acceptors (Lipinski definition) is 5. The molecule has 3 aromatic carbocycles. The number of hydrogen-bond donors (Lipinski definition) is 1. The predicted octanol–water partition coefficient (Wildman–Crippen LogP) is 10.7. The van der Waals surface area contributed by atoms with Crippen LogP contribution in [0, 0.1) is 11.8 Å². The standard InChI is InChI=1S/C38H41N3S2/c1-3-26-11-10-20-41(38-39-32(27-12-6-4-7-13-27)23-33(40-38)28-14-8-5-9-15-28)37-30(34(42)22-26)18-19-35-36(37)31-21-25(2)16-17-29(31)24-43-35/h4-9,12-15,18-19,22-23,25,29,31,34,42H,3,10-11,16-17,20-21,24H2,1-2H3/b26-22-. The van der Waals surface area contributed by atoms with Gasteiger partial charge in [0.1, 0.15) is 0 Å². The third-order valence-electron chi connectivity index (χ3n) is 9.70. The molecule has 0 bridgehead atoms. The van der Waals surface area contributed by atoms with Crippen LogP contribution in [0.3, 0.4) is 0 Å². The van der Waals surface area contributed by atoms with Crippen molar-refractivity contribution in [2.75, 3.05) is 17.2 Å². The van der Waals surface area contributed by atoms with Gasteiger partial charge in [0.2, 0.25) is 5.95 Å². The fourth-order valence-electron chi connectivity index (χ4n) is 7.36. The Labute approximate surface area is 266 Å². The normalized spacial score (nSPS) is 24.8. The summed E-state index contributed by atoms with van der Waals surface area (Å²) in [7, 11) is 0. The van der Waals surface area contributed by atoms with E-state index in [4.69, 9.17) is 22.6 Å². The average Bonchev–Trinajstić information content (AvgIpc) is 3.12. The Kier molecular flexibility index (Phi) is 8.37. The SMILES string of the molecule is CC/C1=C/C(S)c2ccc3c(c2N(c2nc(-c4ccccc4)cc(-c4ccccc4)n2)CCC1)C1CC(C)CCC1CS3. The van der Waals surface area contributed by atoms with Crippen molar-refractivity contribution in [1.29, 1.82) is 0 Å². The number of nitrogens with zero attached hydrogens (tertiary/aromatic N) is 3. The summed E-state index contributed by atoms with van der Waals surface area (Å²) >= 11 is 7.34. The molecular formula is C38H41N3S2. The summed E-state index contributed by atoms with van der Waals surface area (Å²) in [5, 5.41) is 0.0353. The number of fused-ring (bicyclic) bond motifs is 5. The summed E-state index contributed by atoms with van der Waals surface area (Å²) in [6, 6.07) is 28.0. The van der Waals surface area contributed by atoms with Gasteiger partial charge >= 0.3 is 0 Å². The van der Waals surface area contributed by atoms with Gasteiger partial charge in [0, 0.05) is 33.6 Å². The van der Waals surface area contributed by atoms with Crippen molar-refractivity contribution < 1.29 is 0 Å². The highest BCUT2D eigenvalue weighted by atomic mass is 32.2. The minimum atomic E-state index is 0.0353. The van der Waals surface area contributed by atoms with Crippen LogP contribution in [-0.4, -0.2) is 22.3 Å². The highest BCUT2D eigenvalue weighted by Crippen LogP contribution is 2.55. The second-order valence-corrected chi connectivity index (χ2v) is 14.2. The molecule has 5 heteroatoms. The molecule has 4 unspecified atom stereocenters. The fourth-order valence-corrected chi connectivity index (χ4v) is 9.14. The molecule has 3 heterocycles. The number of anilines is 2. The van der Waals surface area contributed by atoms with Gasteiger partial charge in [0.05, 0.1) is 17.1 Å². The molecule has 4 aromatic rings. The van der Waals surface area contributed by atoms with E-state index in [1.54, 1.807) is 0 Å². The van der Waals surface area contributed by atoms with E-state index in [1.165, 1.54) is 52.3 Å². The zero-order valence-electron chi connectivity index (χ0n) is 25.2. The van der Waals surface area contributed by atoms with Crippen LogP contribution in [0.15, 0.2) is 95.4 Å². The predicted molar refractivity (Wildman–Crippen MR) is 186 cm³/mol. The van der Waals surface area contributed by atoms with Gasteiger partial charge in [-0.3, -0.25) is 0 Å². The first kappa shape index (κ1) is 28.7. The van der Waals surface area contributed by atoms with E-state index in [2.05, 4.69) is 115 Å². The maximum absolute atomic E-state index is 5.35. The Bertz CT molecular complexity index is 1560. The molecule has 3 aliphatic rings. The van der Waals surface area contributed by atoms with Crippen LogP contribution in [0.25, 0.3) is 22.5 Å². The summed E-state index contributed by atoms with van der Waals surface area (Å²) in [5.41, 5.74) is 9.80. The smallest absolute Gasteiger partial charge is 0.231 e. The van der Waals surface area contributed by atoms with Crippen LogP contribution in [-0.2, 0) is 0 Å². The van der Waals surface area contributed by atoms with E-state index in [0.29, 0.717) is 5.92 Å². The van der Waals surface area contributed by atoms with E-state index >= 15 is 0 Å². The largest absolute Gasteiger partial charge is 0.310 e. The Morgan fingerprint density at radius 2 is 1.60 bits per heavy atom. The molecule has 43 heavy (non-hydrogen) atoms. The Morgan fingerprint density at radius 3 is 2.28 bits per heavy atom. The Hall–Kier alpha value is -3.02. The van der Waals surface area contributed by atoms with Gasteiger partial charge in [-0.15, -0.1) is 11.8 Å². The van der Waals surface area contributed by atoms with Gasteiger partial charge < -0.3 is 4.90 Å². The van der Waals surface area contributed by atoms with E-state index in [0.717, 1.165) is 66.1 Å². The number of rotatable bonds is 4. The molecule has 0 N–H and O–H groups in total. The zero-order chi connectivity index (χ0) is 29.3. The van der Waals surface area contributed by atoms with Crippen molar-refractivity contribution in [3.05, 3.63) is 102 Å².